The zero-order chi connectivity index (χ0) is 14.8. The van der Waals surface area contributed by atoms with Crippen LogP contribution in [0.1, 0.15) is 51.2 Å². The first-order chi connectivity index (χ1) is 9.42. The Morgan fingerprint density at radius 3 is 2.85 bits per heavy atom. The smallest absolute Gasteiger partial charge is 0.159 e. The zero-order valence-corrected chi connectivity index (χ0v) is 13.4. The van der Waals surface area contributed by atoms with Crippen molar-refractivity contribution in [1.82, 2.24) is 15.3 Å². The van der Waals surface area contributed by atoms with Crippen LogP contribution >= 0.6 is 0 Å². The van der Waals surface area contributed by atoms with E-state index < -0.39 is 5.60 Å². The Hall–Kier alpha value is -1.00. The number of aryl methyl sites for hydroxylation is 1. The molecule has 1 aliphatic carbocycles. The van der Waals surface area contributed by atoms with Crippen molar-refractivity contribution in [1.29, 1.82) is 0 Å². The fraction of sp³-hybridized carbons (Fsp3) is 0.750. The molecule has 20 heavy (non-hydrogen) atoms. The second-order valence-corrected chi connectivity index (χ2v) is 6.55. The van der Waals surface area contributed by atoms with Crippen LogP contribution in [0.3, 0.4) is 0 Å². The van der Waals surface area contributed by atoms with Crippen LogP contribution in [0.4, 0.5) is 0 Å². The Kier molecular flexibility index (Phi) is 4.76. The molecule has 0 amide bonds. The van der Waals surface area contributed by atoms with Crippen LogP contribution in [0.5, 0.6) is 0 Å². The molecular weight excluding hydrogens is 250 g/mol. The molecular formula is C16H27N3O. The minimum atomic E-state index is -0.412. The molecule has 0 bridgehead atoms. The van der Waals surface area contributed by atoms with E-state index in [-0.39, 0.29) is 0 Å². The summed E-state index contributed by atoms with van der Waals surface area (Å²) in [6.45, 7) is 9.49. The Morgan fingerprint density at radius 2 is 2.20 bits per heavy atom. The zero-order valence-electron chi connectivity index (χ0n) is 13.4. The van der Waals surface area contributed by atoms with E-state index in [0.717, 1.165) is 25.2 Å². The van der Waals surface area contributed by atoms with Gasteiger partial charge < -0.3 is 10.1 Å². The fourth-order valence-electron chi connectivity index (χ4n) is 2.54. The van der Waals surface area contributed by atoms with Gasteiger partial charge in [0.15, 0.2) is 5.82 Å². The molecule has 0 saturated carbocycles. The summed E-state index contributed by atoms with van der Waals surface area (Å²) in [5, 5.41) is 3.53. The van der Waals surface area contributed by atoms with Gasteiger partial charge in [0.05, 0.1) is 0 Å². The molecule has 1 unspecified atom stereocenters. The lowest BCUT2D eigenvalue weighted by molar-refractivity contribution is 0.0111. The van der Waals surface area contributed by atoms with Gasteiger partial charge in [-0.05, 0) is 51.1 Å². The predicted octanol–water partition coefficient (Wildman–Crippen LogP) is 2.46. The first-order valence-corrected chi connectivity index (χ1v) is 7.56. The Bertz CT molecular complexity index is 457. The number of nitrogens with one attached hydrogen (secondary N) is 1. The fourth-order valence-corrected chi connectivity index (χ4v) is 2.54. The van der Waals surface area contributed by atoms with Crippen molar-refractivity contribution in [3.63, 3.8) is 0 Å². The van der Waals surface area contributed by atoms with Crippen molar-refractivity contribution in [2.45, 2.75) is 58.6 Å². The molecule has 0 saturated heterocycles. The standard InChI is InChI=1S/C16H27N3O/c1-11(2)17-9-12-6-7-14-13(8-12)10-18-15(19-14)16(3,4)20-5/h10-12,17H,6-9H2,1-5H3. The number of fused-ring (bicyclic) bond motifs is 1. The molecule has 0 spiro atoms. The van der Waals surface area contributed by atoms with Gasteiger partial charge in [0, 0.05) is 25.0 Å². The van der Waals surface area contributed by atoms with Crippen LogP contribution in [-0.2, 0) is 23.2 Å². The molecule has 4 nitrogen and oxygen atoms in total. The monoisotopic (exact) mass is 277 g/mol. The lowest BCUT2D eigenvalue weighted by Crippen LogP contribution is -2.32. The summed E-state index contributed by atoms with van der Waals surface area (Å²) in [5.74, 6) is 1.49. The average molecular weight is 277 g/mol. The van der Waals surface area contributed by atoms with E-state index in [2.05, 4.69) is 24.1 Å². The van der Waals surface area contributed by atoms with Crippen molar-refractivity contribution in [3.05, 3.63) is 23.3 Å². The molecule has 1 atom stereocenters. The Labute approximate surface area is 122 Å². The molecule has 4 heteroatoms. The SMILES string of the molecule is COC(C)(C)c1ncc2c(n1)CCC(CNC(C)C)C2. The van der Waals surface area contributed by atoms with Gasteiger partial charge in [-0.1, -0.05) is 13.8 Å². The van der Waals surface area contributed by atoms with E-state index in [9.17, 15) is 0 Å². The highest BCUT2D eigenvalue weighted by atomic mass is 16.5. The molecule has 1 heterocycles. The largest absolute Gasteiger partial charge is 0.371 e. The third-order valence-corrected chi connectivity index (χ3v) is 4.12. The molecule has 1 aromatic heterocycles. The normalized spacial score (nSPS) is 19.2. The topological polar surface area (TPSA) is 47.0 Å². The molecule has 0 aromatic carbocycles. The van der Waals surface area contributed by atoms with Crippen molar-refractivity contribution in [2.24, 2.45) is 5.92 Å². The molecule has 1 aromatic rings. The molecule has 1 aliphatic rings. The maximum absolute atomic E-state index is 5.47. The van der Waals surface area contributed by atoms with Gasteiger partial charge in [-0.15, -0.1) is 0 Å². The Morgan fingerprint density at radius 1 is 1.45 bits per heavy atom. The second kappa shape index (κ2) is 6.19. The van der Waals surface area contributed by atoms with Crippen LogP contribution in [0.25, 0.3) is 0 Å². The van der Waals surface area contributed by atoms with Crippen molar-refractivity contribution in [2.75, 3.05) is 13.7 Å². The first kappa shape index (κ1) is 15.4. The van der Waals surface area contributed by atoms with Gasteiger partial charge in [0.2, 0.25) is 0 Å². The molecule has 112 valence electrons. The van der Waals surface area contributed by atoms with E-state index in [4.69, 9.17) is 9.72 Å². The van der Waals surface area contributed by atoms with Crippen molar-refractivity contribution < 1.29 is 4.74 Å². The summed E-state index contributed by atoms with van der Waals surface area (Å²) >= 11 is 0. The molecule has 0 radical (unpaired) electrons. The number of rotatable bonds is 5. The van der Waals surface area contributed by atoms with E-state index in [1.807, 2.05) is 20.0 Å². The van der Waals surface area contributed by atoms with Gasteiger partial charge in [-0.2, -0.15) is 0 Å². The van der Waals surface area contributed by atoms with Gasteiger partial charge in [0.1, 0.15) is 5.60 Å². The van der Waals surface area contributed by atoms with Crippen LogP contribution in [-0.4, -0.2) is 29.7 Å². The van der Waals surface area contributed by atoms with Crippen LogP contribution in [0.2, 0.25) is 0 Å². The van der Waals surface area contributed by atoms with E-state index in [1.54, 1.807) is 7.11 Å². The minimum Gasteiger partial charge on any atom is -0.371 e. The lowest BCUT2D eigenvalue weighted by Gasteiger charge is -2.27. The number of methoxy groups -OCH3 is 1. The van der Waals surface area contributed by atoms with Crippen LogP contribution in [0, 0.1) is 5.92 Å². The summed E-state index contributed by atoms with van der Waals surface area (Å²) in [6.07, 6.45) is 5.34. The van der Waals surface area contributed by atoms with E-state index in [0.29, 0.717) is 12.0 Å². The molecule has 2 rings (SSSR count). The number of nitrogens with zero attached hydrogens (tertiary/aromatic N) is 2. The Balaban J connectivity index is 2.08. The highest BCUT2D eigenvalue weighted by Crippen LogP contribution is 2.26. The lowest BCUT2D eigenvalue weighted by atomic mass is 9.87. The number of hydrogen-bond acceptors (Lipinski definition) is 4. The van der Waals surface area contributed by atoms with E-state index in [1.165, 1.54) is 17.7 Å². The van der Waals surface area contributed by atoms with E-state index >= 15 is 0 Å². The summed E-state index contributed by atoms with van der Waals surface area (Å²) in [4.78, 5) is 9.24. The summed E-state index contributed by atoms with van der Waals surface area (Å²) < 4.78 is 5.47. The van der Waals surface area contributed by atoms with Gasteiger partial charge in [-0.3, -0.25) is 0 Å². The van der Waals surface area contributed by atoms with Gasteiger partial charge >= 0.3 is 0 Å². The summed E-state index contributed by atoms with van der Waals surface area (Å²) in [5.41, 5.74) is 2.11. The van der Waals surface area contributed by atoms with Crippen molar-refractivity contribution in [3.8, 4) is 0 Å². The molecule has 1 N–H and O–H groups in total. The quantitative estimate of drug-likeness (QED) is 0.898. The minimum absolute atomic E-state index is 0.412. The highest BCUT2D eigenvalue weighted by molar-refractivity contribution is 5.22. The average Bonchev–Trinajstić information content (AvgIpc) is 2.44. The third-order valence-electron chi connectivity index (χ3n) is 4.12. The van der Waals surface area contributed by atoms with Gasteiger partial charge in [-0.25, -0.2) is 9.97 Å². The first-order valence-electron chi connectivity index (χ1n) is 7.56. The third kappa shape index (κ3) is 3.55. The number of hydrogen-bond donors (Lipinski definition) is 1. The maximum atomic E-state index is 5.47. The van der Waals surface area contributed by atoms with Gasteiger partial charge in [0.25, 0.3) is 0 Å². The van der Waals surface area contributed by atoms with Crippen LogP contribution < -0.4 is 5.32 Å². The predicted molar refractivity (Wildman–Crippen MR) is 80.7 cm³/mol. The van der Waals surface area contributed by atoms with Crippen LogP contribution in [0.15, 0.2) is 6.20 Å². The second-order valence-electron chi connectivity index (χ2n) is 6.55. The molecule has 0 fully saturated rings. The number of aromatic nitrogens is 2. The highest BCUT2D eigenvalue weighted by Gasteiger charge is 2.26. The summed E-state index contributed by atoms with van der Waals surface area (Å²) in [6, 6.07) is 0.553. The number of ether oxygens (including phenoxy) is 1. The molecule has 0 aliphatic heterocycles. The maximum Gasteiger partial charge on any atom is 0.159 e. The van der Waals surface area contributed by atoms with Crippen molar-refractivity contribution >= 4 is 0 Å². The summed E-state index contributed by atoms with van der Waals surface area (Å²) in [7, 11) is 1.70.